The SMILES string of the molecule is CCN(CC1CCOC1)C(=O)c1ccccc1-c1ccc(Cn2cccn2)cc1. The van der Waals surface area contributed by atoms with Crippen molar-refractivity contribution in [3.63, 3.8) is 0 Å². The molecule has 29 heavy (non-hydrogen) atoms. The molecule has 0 N–H and O–H groups in total. The molecule has 0 bridgehead atoms. The Morgan fingerprint density at radius 3 is 2.69 bits per heavy atom. The van der Waals surface area contributed by atoms with Gasteiger partial charge < -0.3 is 9.64 Å². The van der Waals surface area contributed by atoms with E-state index in [1.807, 2.05) is 53.0 Å². The Bertz CT molecular complexity index is 929. The Balaban J connectivity index is 1.54. The van der Waals surface area contributed by atoms with E-state index in [1.165, 1.54) is 5.56 Å². The maximum Gasteiger partial charge on any atom is 0.254 e. The normalized spacial score (nSPS) is 16.1. The lowest BCUT2D eigenvalue weighted by Gasteiger charge is -2.25. The largest absolute Gasteiger partial charge is 0.381 e. The van der Waals surface area contributed by atoms with E-state index >= 15 is 0 Å². The van der Waals surface area contributed by atoms with Crippen LogP contribution in [0.3, 0.4) is 0 Å². The first-order valence-corrected chi connectivity index (χ1v) is 10.3. The molecule has 0 radical (unpaired) electrons. The smallest absolute Gasteiger partial charge is 0.254 e. The van der Waals surface area contributed by atoms with Gasteiger partial charge in [-0.3, -0.25) is 9.48 Å². The lowest BCUT2D eigenvalue weighted by atomic mass is 9.97. The minimum atomic E-state index is 0.0932. The number of rotatable bonds is 7. The van der Waals surface area contributed by atoms with Crippen LogP contribution in [0.15, 0.2) is 67.0 Å². The van der Waals surface area contributed by atoms with E-state index in [0.29, 0.717) is 12.5 Å². The molecule has 1 saturated heterocycles. The van der Waals surface area contributed by atoms with E-state index in [0.717, 1.165) is 49.4 Å². The third-order valence-corrected chi connectivity index (χ3v) is 5.50. The molecule has 2 heterocycles. The van der Waals surface area contributed by atoms with Crippen molar-refractivity contribution in [2.75, 3.05) is 26.3 Å². The molecule has 5 heteroatoms. The van der Waals surface area contributed by atoms with E-state index in [4.69, 9.17) is 4.74 Å². The number of hydrogen-bond acceptors (Lipinski definition) is 3. The van der Waals surface area contributed by atoms with Crippen LogP contribution in [0.25, 0.3) is 11.1 Å². The summed E-state index contributed by atoms with van der Waals surface area (Å²) in [7, 11) is 0. The van der Waals surface area contributed by atoms with E-state index in [-0.39, 0.29) is 5.91 Å². The predicted octanol–water partition coefficient (Wildman–Crippen LogP) is 4.10. The van der Waals surface area contributed by atoms with Gasteiger partial charge in [-0.1, -0.05) is 42.5 Å². The molecule has 1 aliphatic heterocycles. The molecule has 1 aliphatic rings. The van der Waals surface area contributed by atoms with Crippen LogP contribution in [-0.4, -0.2) is 46.9 Å². The fourth-order valence-corrected chi connectivity index (χ4v) is 3.86. The highest BCUT2D eigenvalue weighted by molar-refractivity contribution is 6.00. The topological polar surface area (TPSA) is 47.4 Å². The molecule has 1 amide bonds. The molecule has 150 valence electrons. The van der Waals surface area contributed by atoms with Gasteiger partial charge in [-0.05, 0) is 42.2 Å². The van der Waals surface area contributed by atoms with Crippen LogP contribution in [0.1, 0.15) is 29.3 Å². The molecule has 1 atom stereocenters. The summed E-state index contributed by atoms with van der Waals surface area (Å²) in [6, 6.07) is 18.2. The zero-order chi connectivity index (χ0) is 20.1. The fourth-order valence-electron chi connectivity index (χ4n) is 3.86. The lowest BCUT2D eigenvalue weighted by molar-refractivity contribution is 0.0731. The fraction of sp³-hybridized carbons (Fsp3) is 0.333. The minimum Gasteiger partial charge on any atom is -0.381 e. The van der Waals surface area contributed by atoms with Crippen molar-refractivity contribution >= 4 is 5.91 Å². The Labute approximate surface area is 171 Å². The second kappa shape index (κ2) is 9.05. The van der Waals surface area contributed by atoms with Crippen molar-refractivity contribution in [3.8, 4) is 11.1 Å². The van der Waals surface area contributed by atoms with Crippen LogP contribution in [0, 0.1) is 5.92 Å². The van der Waals surface area contributed by atoms with Gasteiger partial charge >= 0.3 is 0 Å². The summed E-state index contributed by atoms with van der Waals surface area (Å²) >= 11 is 0. The summed E-state index contributed by atoms with van der Waals surface area (Å²) in [5.41, 5.74) is 3.97. The summed E-state index contributed by atoms with van der Waals surface area (Å²) in [5, 5.41) is 4.26. The Morgan fingerprint density at radius 1 is 1.17 bits per heavy atom. The number of carbonyl (C=O) groups excluding carboxylic acids is 1. The monoisotopic (exact) mass is 389 g/mol. The van der Waals surface area contributed by atoms with E-state index < -0.39 is 0 Å². The molecule has 3 aromatic rings. The lowest BCUT2D eigenvalue weighted by Crippen LogP contribution is -2.35. The first kappa shape index (κ1) is 19.4. The van der Waals surface area contributed by atoms with Crippen LogP contribution in [0.2, 0.25) is 0 Å². The quantitative estimate of drug-likeness (QED) is 0.611. The number of nitrogens with zero attached hydrogens (tertiary/aromatic N) is 3. The number of hydrogen-bond donors (Lipinski definition) is 0. The van der Waals surface area contributed by atoms with Gasteiger partial charge in [0.05, 0.1) is 13.2 Å². The summed E-state index contributed by atoms with van der Waals surface area (Å²) in [5.74, 6) is 0.531. The average molecular weight is 389 g/mol. The molecule has 0 spiro atoms. The molecule has 0 saturated carbocycles. The van der Waals surface area contributed by atoms with Crippen LogP contribution >= 0.6 is 0 Å². The Kier molecular flexibility index (Phi) is 6.06. The van der Waals surface area contributed by atoms with Crippen LogP contribution in [-0.2, 0) is 11.3 Å². The number of aromatic nitrogens is 2. The van der Waals surface area contributed by atoms with Crippen molar-refractivity contribution in [3.05, 3.63) is 78.1 Å². The minimum absolute atomic E-state index is 0.0932. The summed E-state index contributed by atoms with van der Waals surface area (Å²) in [6.07, 6.45) is 4.77. The van der Waals surface area contributed by atoms with Gasteiger partial charge in [-0.2, -0.15) is 5.10 Å². The highest BCUT2D eigenvalue weighted by atomic mass is 16.5. The molecule has 1 unspecified atom stereocenters. The maximum absolute atomic E-state index is 13.3. The maximum atomic E-state index is 13.3. The number of carbonyl (C=O) groups is 1. The summed E-state index contributed by atoms with van der Waals surface area (Å²) in [6.45, 7) is 5.79. The number of ether oxygens (including phenoxy) is 1. The first-order chi connectivity index (χ1) is 14.2. The zero-order valence-electron chi connectivity index (χ0n) is 16.8. The Morgan fingerprint density at radius 2 is 2.00 bits per heavy atom. The molecule has 0 aliphatic carbocycles. The second-order valence-corrected chi connectivity index (χ2v) is 7.52. The molecule has 4 rings (SSSR count). The van der Waals surface area contributed by atoms with E-state index in [1.54, 1.807) is 6.20 Å². The average Bonchev–Trinajstić information content (AvgIpc) is 3.46. The highest BCUT2D eigenvalue weighted by Gasteiger charge is 2.23. The molecular weight excluding hydrogens is 362 g/mol. The van der Waals surface area contributed by atoms with Crippen molar-refractivity contribution in [2.24, 2.45) is 5.92 Å². The Hall–Kier alpha value is -2.92. The molecule has 5 nitrogen and oxygen atoms in total. The van der Waals surface area contributed by atoms with Crippen molar-refractivity contribution in [1.29, 1.82) is 0 Å². The molecular formula is C24H27N3O2. The van der Waals surface area contributed by atoms with Crippen molar-refractivity contribution in [2.45, 2.75) is 19.9 Å². The van der Waals surface area contributed by atoms with E-state index in [2.05, 4.69) is 29.4 Å². The molecule has 2 aromatic carbocycles. The van der Waals surface area contributed by atoms with Crippen LogP contribution in [0.5, 0.6) is 0 Å². The van der Waals surface area contributed by atoms with Gasteiger partial charge in [0.1, 0.15) is 0 Å². The van der Waals surface area contributed by atoms with Crippen molar-refractivity contribution in [1.82, 2.24) is 14.7 Å². The first-order valence-electron chi connectivity index (χ1n) is 10.3. The molecule has 1 fully saturated rings. The third kappa shape index (κ3) is 4.57. The second-order valence-electron chi connectivity index (χ2n) is 7.52. The van der Waals surface area contributed by atoms with Gasteiger partial charge in [0.15, 0.2) is 0 Å². The highest BCUT2D eigenvalue weighted by Crippen LogP contribution is 2.26. The van der Waals surface area contributed by atoms with Gasteiger partial charge in [0, 0.05) is 43.6 Å². The number of benzene rings is 2. The summed E-state index contributed by atoms with van der Waals surface area (Å²) < 4.78 is 7.39. The molecule has 1 aromatic heterocycles. The van der Waals surface area contributed by atoms with Crippen LogP contribution in [0.4, 0.5) is 0 Å². The van der Waals surface area contributed by atoms with Crippen molar-refractivity contribution < 1.29 is 9.53 Å². The van der Waals surface area contributed by atoms with E-state index in [9.17, 15) is 4.79 Å². The van der Waals surface area contributed by atoms with Gasteiger partial charge in [-0.25, -0.2) is 0 Å². The predicted molar refractivity (Wildman–Crippen MR) is 114 cm³/mol. The van der Waals surface area contributed by atoms with Gasteiger partial charge in [-0.15, -0.1) is 0 Å². The number of amides is 1. The van der Waals surface area contributed by atoms with Crippen LogP contribution < -0.4 is 0 Å². The third-order valence-electron chi connectivity index (χ3n) is 5.50. The standard InChI is InChI=1S/C24H27N3O2/c1-2-26(16-20-12-15-29-18-20)24(28)23-7-4-3-6-22(23)21-10-8-19(9-11-21)17-27-14-5-13-25-27/h3-11,13-14,20H,2,12,15-18H2,1H3. The van der Waals surface area contributed by atoms with Gasteiger partial charge in [0.25, 0.3) is 5.91 Å². The summed E-state index contributed by atoms with van der Waals surface area (Å²) in [4.78, 5) is 15.3. The van der Waals surface area contributed by atoms with Gasteiger partial charge in [0.2, 0.25) is 0 Å². The zero-order valence-corrected chi connectivity index (χ0v) is 16.8.